The zero-order valence-electron chi connectivity index (χ0n) is 6.23. The zero-order chi connectivity index (χ0) is 9.14. The van der Waals surface area contributed by atoms with Crippen molar-refractivity contribution in [2.24, 2.45) is 0 Å². The number of ether oxygens (including phenoxy) is 1. The Morgan fingerprint density at radius 3 is 2.92 bits per heavy atom. The molecule has 6 heteroatoms. The molecule has 0 aliphatic heterocycles. The van der Waals surface area contributed by atoms with Crippen LogP contribution < -0.4 is 0 Å². The Hall–Kier alpha value is -0.550. The molecule has 0 saturated heterocycles. The first-order valence-corrected chi connectivity index (χ1v) is 4.40. The molecule has 12 heavy (non-hydrogen) atoms. The normalized spacial score (nSPS) is 9.92. The summed E-state index contributed by atoms with van der Waals surface area (Å²) in [4.78, 5) is 11.1. The molecule has 0 saturated carbocycles. The van der Waals surface area contributed by atoms with E-state index >= 15 is 0 Å². The fourth-order valence-corrected chi connectivity index (χ4v) is 1.08. The number of carbonyl (C=O) groups excluding carboxylic acids is 1. The third-order valence-electron chi connectivity index (χ3n) is 1.14. The van der Waals surface area contributed by atoms with Crippen LogP contribution in [0, 0.1) is 0 Å². The molecular formula is C6H6BrClN2O2. The Labute approximate surface area is 82.4 Å². The van der Waals surface area contributed by atoms with Gasteiger partial charge in [-0.25, -0.2) is 4.79 Å². The van der Waals surface area contributed by atoms with Crippen molar-refractivity contribution in [1.82, 2.24) is 10.2 Å². The lowest BCUT2D eigenvalue weighted by Crippen LogP contribution is -2.05. The predicted molar refractivity (Wildman–Crippen MR) is 47.3 cm³/mol. The highest BCUT2D eigenvalue weighted by atomic mass is 79.9. The van der Waals surface area contributed by atoms with Gasteiger partial charge in [0.2, 0.25) is 0 Å². The highest BCUT2D eigenvalue weighted by Crippen LogP contribution is 2.23. The van der Waals surface area contributed by atoms with E-state index in [1.54, 1.807) is 6.92 Å². The highest BCUT2D eigenvalue weighted by Gasteiger charge is 2.17. The molecule has 0 aliphatic rings. The summed E-state index contributed by atoms with van der Waals surface area (Å²) in [7, 11) is 0. The fraction of sp³-hybridized carbons (Fsp3) is 0.333. The topological polar surface area (TPSA) is 55.0 Å². The summed E-state index contributed by atoms with van der Waals surface area (Å²) in [6.45, 7) is 2.02. The van der Waals surface area contributed by atoms with Crippen molar-refractivity contribution in [2.45, 2.75) is 6.92 Å². The Bertz CT molecular complexity index is 300. The lowest BCUT2D eigenvalue weighted by atomic mass is 10.4. The predicted octanol–water partition coefficient (Wildman–Crippen LogP) is 2.00. The molecule has 0 aliphatic carbocycles. The van der Waals surface area contributed by atoms with E-state index in [1.165, 1.54) is 0 Å². The molecule has 4 nitrogen and oxygen atoms in total. The van der Waals surface area contributed by atoms with E-state index in [0.717, 1.165) is 0 Å². The van der Waals surface area contributed by atoms with Gasteiger partial charge in [0.1, 0.15) is 9.63 Å². The van der Waals surface area contributed by atoms with Crippen molar-refractivity contribution in [3.63, 3.8) is 0 Å². The summed E-state index contributed by atoms with van der Waals surface area (Å²) in [5, 5.41) is 6.41. The van der Waals surface area contributed by atoms with Crippen LogP contribution >= 0.6 is 27.5 Å². The van der Waals surface area contributed by atoms with Crippen LogP contribution in [0.4, 0.5) is 0 Å². The number of carbonyl (C=O) groups is 1. The number of hydrogen-bond donors (Lipinski definition) is 1. The molecule has 0 amide bonds. The SMILES string of the molecule is CCOC(=O)c1n[nH]c(Br)c1Cl. The second-order valence-corrected chi connectivity index (χ2v) is 3.09. The number of aromatic amines is 1. The summed E-state index contributed by atoms with van der Waals surface area (Å²) in [6.07, 6.45) is 0. The van der Waals surface area contributed by atoms with Gasteiger partial charge in [-0.05, 0) is 22.9 Å². The van der Waals surface area contributed by atoms with Crippen LogP contribution in [0.15, 0.2) is 4.60 Å². The van der Waals surface area contributed by atoms with Gasteiger partial charge in [-0.15, -0.1) is 0 Å². The number of rotatable bonds is 2. The molecule has 1 aromatic rings. The number of halogens is 2. The third kappa shape index (κ3) is 1.78. The Morgan fingerprint density at radius 2 is 2.50 bits per heavy atom. The summed E-state index contributed by atoms with van der Waals surface area (Å²) in [5.74, 6) is -0.524. The lowest BCUT2D eigenvalue weighted by Gasteiger charge is -1.96. The first-order chi connectivity index (χ1) is 5.66. The number of nitrogens with one attached hydrogen (secondary N) is 1. The first kappa shape index (κ1) is 9.54. The molecule has 1 heterocycles. The molecule has 0 unspecified atom stereocenters. The van der Waals surface area contributed by atoms with E-state index in [4.69, 9.17) is 16.3 Å². The number of esters is 1. The molecule has 0 spiro atoms. The van der Waals surface area contributed by atoms with Crippen LogP contribution in [0.1, 0.15) is 17.4 Å². The lowest BCUT2D eigenvalue weighted by molar-refractivity contribution is 0.0519. The molecule has 0 aromatic carbocycles. The zero-order valence-corrected chi connectivity index (χ0v) is 8.57. The van der Waals surface area contributed by atoms with Crippen molar-refractivity contribution in [2.75, 3.05) is 6.61 Å². The quantitative estimate of drug-likeness (QED) is 0.820. The van der Waals surface area contributed by atoms with Gasteiger partial charge in [-0.1, -0.05) is 11.6 Å². The van der Waals surface area contributed by atoms with Crippen molar-refractivity contribution in [3.8, 4) is 0 Å². The van der Waals surface area contributed by atoms with Crippen LogP contribution in [-0.4, -0.2) is 22.8 Å². The van der Waals surface area contributed by atoms with Gasteiger partial charge in [0.25, 0.3) is 0 Å². The molecular weight excluding hydrogens is 247 g/mol. The van der Waals surface area contributed by atoms with Gasteiger partial charge in [0.15, 0.2) is 5.69 Å². The minimum absolute atomic E-state index is 0.102. The van der Waals surface area contributed by atoms with E-state index in [0.29, 0.717) is 11.2 Å². The van der Waals surface area contributed by atoms with Crippen LogP contribution in [0.5, 0.6) is 0 Å². The summed E-state index contributed by atoms with van der Waals surface area (Å²) < 4.78 is 5.17. The average molecular weight is 253 g/mol. The largest absolute Gasteiger partial charge is 0.461 e. The van der Waals surface area contributed by atoms with Gasteiger partial charge in [-0.3, -0.25) is 5.10 Å². The average Bonchev–Trinajstić information content (AvgIpc) is 2.34. The van der Waals surface area contributed by atoms with Gasteiger partial charge < -0.3 is 4.74 Å². The summed E-state index contributed by atoms with van der Waals surface area (Å²) in [5.41, 5.74) is 0.102. The molecule has 0 fully saturated rings. The van der Waals surface area contributed by atoms with Crippen LogP contribution in [0.25, 0.3) is 0 Å². The Kier molecular flexibility index (Phi) is 3.11. The minimum atomic E-state index is -0.524. The van der Waals surface area contributed by atoms with E-state index in [1.807, 2.05) is 0 Å². The molecule has 0 atom stereocenters. The van der Waals surface area contributed by atoms with Crippen molar-refractivity contribution in [3.05, 3.63) is 15.3 Å². The molecule has 1 aromatic heterocycles. The van der Waals surface area contributed by atoms with Crippen LogP contribution in [-0.2, 0) is 4.74 Å². The first-order valence-electron chi connectivity index (χ1n) is 3.23. The monoisotopic (exact) mass is 252 g/mol. The van der Waals surface area contributed by atoms with Crippen molar-refractivity contribution >= 4 is 33.5 Å². The third-order valence-corrected chi connectivity index (χ3v) is 2.31. The van der Waals surface area contributed by atoms with E-state index in [9.17, 15) is 4.79 Å². The molecule has 0 radical (unpaired) electrons. The van der Waals surface area contributed by atoms with Crippen LogP contribution in [0.3, 0.4) is 0 Å². The number of nitrogens with zero attached hydrogens (tertiary/aromatic N) is 1. The minimum Gasteiger partial charge on any atom is -0.461 e. The van der Waals surface area contributed by atoms with Gasteiger partial charge >= 0.3 is 5.97 Å². The Balaban J connectivity index is 2.88. The maximum absolute atomic E-state index is 11.1. The van der Waals surface area contributed by atoms with E-state index in [-0.39, 0.29) is 10.7 Å². The van der Waals surface area contributed by atoms with E-state index in [2.05, 4.69) is 26.1 Å². The smallest absolute Gasteiger partial charge is 0.360 e. The molecule has 66 valence electrons. The second kappa shape index (κ2) is 3.91. The number of hydrogen-bond acceptors (Lipinski definition) is 3. The van der Waals surface area contributed by atoms with Gasteiger partial charge in [-0.2, -0.15) is 5.10 Å². The highest BCUT2D eigenvalue weighted by molar-refractivity contribution is 9.10. The van der Waals surface area contributed by atoms with Crippen LogP contribution in [0.2, 0.25) is 5.02 Å². The Morgan fingerprint density at radius 1 is 1.83 bits per heavy atom. The maximum Gasteiger partial charge on any atom is 0.360 e. The molecule has 0 bridgehead atoms. The van der Waals surface area contributed by atoms with E-state index < -0.39 is 5.97 Å². The summed E-state index contributed by atoms with van der Waals surface area (Å²) in [6, 6.07) is 0. The second-order valence-electron chi connectivity index (χ2n) is 1.92. The van der Waals surface area contributed by atoms with Crippen molar-refractivity contribution < 1.29 is 9.53 Å². The summed E-state index contributed by atoms with van der Waals surface area (Å²) >= 11 is 8.78. The number of aromatic nitrogens is 2. The molecule has 1 N–H and O–H groups in total. The maximum atomic E-state index is 11.1. The standard InChI is InChI=1S/C6H6BrClN2O2/c1-2-12-6(11)4-3(8)5(7)10-9-4/h2H2,1H3,(H,9,10). The fourth-order valence-electron chi connectivity index (χ4n) is 0.642. The van der Waals surface area contributed by atoms with Gasteiger partial charge in [0, 0.05) is 0 Å². The molecule has 1 rings (SSSR count). The van der Waals surface area contributed by atoms with Gasteiger partial charge in [0.05, 0.1) is 6.61 Å². The van der Waals surface area contributed by atoms with Crippen molar-refractivity contribution in [1.29, 1.82) is 0 Å². The number of H-pyrrole nitrogens is 1.